The number of fused-ring (bicyclic) bond motifs is 2. The zero-order chi connectivity index (χ0) is 23.8. The van der Waals surface area contributed by atoms with E-state index < -0.39 is 5.97 Å². The van der Waals surface area contributed by atoms with Crippen molar-refractivity contribution in [1.82, 2.24) is 9.97 Å². The number of benzene rings is 3. The fourth-order valence-electron chi connectivity index (χ4n) is 4.76. The normalized spacial score (nSPS) is 13.9. The van der Waals surface area contributed by atoms with E-state index in [1.807, 2.05) is 36.4 Å². The number of nitrogens with zero attached hydrogens (tertiary/aromatic N) is 4. The average molecular weight is 461 g/mol. The first kappa shape index (κ1) is 21.1. The van der Waals surface area contributed by atoms with Gasteiger partial charge in [-0.05, 0) is 42.5 Å². The van der Waals surface area contributed by atoms with Crippen LogP contribution in [-0.4, -0.2) is 47.2 Å². The molecular formula is C29H24N4O2. The van der Waals surface area contributed by atoms with E-state index in [2.05, 4.69) is 46.2 Å². The molecule has 0 aliphatic carbocycles. The summed E-state index contributed by atoms with van der Waals surface area (Å²) in [6.45, 7) is 3.32. The maximum atomic E-state index is 11.5. The van der Waals surface area contributed by atoms with Crippen LogP contribution < -0.4 is 9.80 Å². The summed E-state index contributed by atoms with van der Waals surface area (Å²) in [5.74, 6) is 0.0615. The van der Waals surface area contributed by atoms with E-state index in [0.29, 0.717) is 0 Å². The lowest BCUT2D eigenvalue weighted by atomic mass is 10.0. The number of aromatic carboxylic acids is 1. The second kappa shape index (κ2) is 8.72. The van der Waals surface area contributed by atoms with Crippen LogP contribution in [0.25, 0.3) is 33.1 Å². The molecule has 6 nitrogen and oxygen atoms in total. The van der Waals surface area contributed by atoms with Gasteiger partial charge in [-0.15, -0.1) is 0 Å². The smallest absolute Gasteiger partial charge is 0.335 e. The number of anilines is 2. The number of carboxylic acid groups (broad SMARTS) is 1. The summed E-state index contributed by atoms with van der Waals surface area (Å²) in [5, 5.41) is 11.4. The predicted octanol–water partition coefficient (Wildman–Crippen LogP) is 5.47. The summed E-state index contributed by atoms with van der Waals surface area (Å²) in [7, 11) is 0. The summed E-state index contributed by atoms with van der Waals surface area (Å²) in [6.07, 6.45) is 0. The van der Waals surface area contributed by atoms with Gasteiger partial charge in [0.25, 0.3) is 0 Å². The van der Waals surface area contributed by atoms with Crippen LogP contribution in [-0.2, 0) is 0 Å². The monoisotopic (exact) mass is 460 g/mol. The first-order valence-electron chi connectivity index (χ1n) is 11.7. The number of aromatic nitrogens is 2. The predicted molar refractivity (Wildman–Crippen MR) is 140 cm³/mol. The first-order chi connectivity index (χ1) is 17.2. The van der Waals surface area contributed by atoms with Gasteiger partial charge < -0.3 is 14.9 Å². The summed E-state index contributed by atoms with van der Waals surface area (Å²) >= 11 is 0. The van der Waals surface area contributed by atoms with E-state index in [1.54, 1.807) is 18.2 Å². The van der Waals surface area contributed by atoms with Crippen LogP contribution in [0.2, 0.25) is 0 Å². The van der Waals surface area contributed by atoms with Crippen molar-refractivity contribution >= 4 is 39.3 Å². The average Bonchev–Trinajstić information content (AvgIpc) is 2.92. The Kier molecular flexibility index (Phi) is 5.26. The number of carbonyl (C=O) groups is 1. The third kappa shape index (κ3) is 4.04. The second-order valence-electron chi connectivity index (χ2n) is 8.77. The number of carboxylic acids is 1. The van der Waals surface area contributed by atoms with Crippen LogP contribution in [0.4, 0.5) is 11.5 Å². The molecule has 35 heavy (non-hydrogen) atoms. The van der Waals surface area contributed by atoms with Crippen molar-refractivity contribution in [2.75, 3.05) is 36.0 Å². The van der Waals surface area contributed by atoms with Crippen molar-refractivity contribution in [2.45, 2.75) is 0 Å². The van der Waals surface area contributed by atoms with E-state index in [0.717, 1.165) is 70.7 Å². The number of hydrogen-bond donors (Lipinski definition) is 1. The van der Waals surface area contributed by atoms with E-state index >= 15 is 0 Å². The van der Waals surface area contributed by atoms with Crippen LogP contribution in [0.3, 0.4) is 0 Å². The Balaban J connectivity index is 1.34. The van der Waals surface area contributed by atoms with E-state index in [-0.39, 0.29) is 5.56 Å². The Hall–Kier alpha value is -4.45. The maximum absolute atomic E-state index is 11.5. The van der Waals surface area contributed by atoms with Gasteiger partial charge in [0.05, 0.1) is 28.0 Å². The minimum atomic E-state index is -0.933. The molecule has 0 amide bonds. The topological polar surface area (TPSA) is 69.6 Å². The Labute approximate surface area is 203 Å². The number of para-hydroxylation sites is 1. The van der Waals surface area contributed by atoms with Gasteiger partial charge in [0.15, 0.2) is 0 Å². The highest BCUT2D eigenvalue weighted by Crippen LogP contribution is 2.34. The number of piperazine rings is 1. The molecular weight excluding hydrogens is 436 g/mol. The third-order valence-electron chi connectivity index (χ3n) is 6.62. The van der Waals surface area contributed by atoms with Gasteiger partial charge in [-0.25, -0.2) is 14.8 Å². The summed E-state index contributed by atoms with van der Waals surface area (Å²) < 4.78 is 0. The number of pyridine rings is 2. The van der Waals surface area contributed by atoms with E-state index in [4.69, 9.17) is 9.97 Å². The molecule has 0 spiro atoms. The van der Waals surface area contributed by atoms with Gasteiger partial charge >= 0.3 is 5.97 Å². The largest absolute Gasteiger partial charge is 0.478 e. The fraction of sp³-hybridized carbons (Fsp3) is 0.138. The molecule has 3 aromatic carbocycles. The lowest BCUT2D eigenvalue weighted by molar-refractivity contribution is 0.0697. The van der Waals surface area contributed by atoms with Crippen molar-refractivity contribution in [3.8, 4) is 11.3 Å². The molecule has 0 bridgehead atoms. The summed E-state index contributed by atoms with van der Waals surface area (Å²) in [4.78, 5) is 26.0. The van der Waals surface area contributed by atoms with Crippen molar-refractivity contribution in [3.05, 3.63) is 96.6 Å². The molecule has 1 fully saturated rings. The molecule has 5 aromatic rings. The van der Waals surface area contributed by atoms with Crippen LogP contribution in [0.15, 0.2) is 91.0 Å². The minimum absolute atomic E-state index is 0.268. The zero-order valence-electron chi connectivity index (χ0n) is 19.1. The van der Waals surface area contributed by atoms with Crippen LogP contribution in [0.1, 0.15) is 10.4 Å². The highest BCUT2D eigenvalue weighted by molar-refractivity contribution is 5.96. The van der Waals surface area contributed by atoms with Crippen LogP contribution in [0, 0.1) is 0 Å². The third-order valence-corrected chi connectivity index (χ3v) is 6.62. The molecule has 172 valence electrons. The minimum Gasteiger partial charge on any atom is -0.478 e. The SMILES string of the molecule is O=C(O)c1ccc2nc(-c3ccccc3)c(N3CCN(c4ccc5ccccc5n4)CC3)cc2c1. The molecule has 2 aromatic heterocycles. The van der Waals surface area contributed by atoms with Gasteiger partial charge in [0.2, 0.25) is 0 Å². The lowest BCUT2D eigenvalue weighted by Gasteiger charge is -2.37. The summed E-state index contributed by atoms with van der Waals surface area (Å²) in [6, 6.07) is 29.8. The molecule has 0 radical (unpaired) electrons. The zero-order valence-corrected chi connectivity index (χ0v) is 19.1. The van der Waals surface area contributed by atoms with Gasteiger partial charge in [0, 0.05) is 42.5 Å². The molecule has 0 unspecified atom stereocenters. The van der Waals surface area contributed by atoms with E-state index in [9.17, 15) is 9.90 Å². The van der Waals surface area contributed by atoms with Crippen molar-refractivity contribution in [3.63, 3.8) is 0 Å². The number of rotatable bonds is 4. The fourth-order valence-corrected chi connectivity index (χ4v) is 4.76. The Morgan fingerprint density at radius 1 is 0.686 bits per heavy atom. The molecule has 0 saturated carbocycles. The standard InChI is InChI=1S/C29H24N4O2/c34-29(35)22-10-12-25-23(18-22)19-26(28(31-25)21-7-2-1-3-8-21)32-14-16-33(17-15-32)27-13-11-20-6-4-5-9-24(20)30-27/h1-13,18-19H,14-17H2,(H,34,35). The molecule has 1 N–H and O–H groups in total. The van der Waals surface area contributed by atoms with Crippen molar-refractivity contribution in [2.24, 2.45) is 0 Å². The van der Waals surface area contributed by atoms with Gasteiger partial charge in [-0.3, -0.25) is 0 Å². The molecule has 1 saturated heterocycles. The molecule has 1 aliphatic rings. The van der Waals surface area contributed by atoms with Gasteiger partial charge in [0.1, 0.15) is 5.82 Å². The molecule has 3 heterocycles. The van der Waals surface area contributed by atoms with E-state index in [1.165, 1.54) is 0 Å². The number of hydrogen-bond acceptors (Lipinski definition) is 5. The maximum Gasteiger partial charge on any atom is 0.335 e. The quantitative estimate of drug-likeness (QED) is 0.383. The van der Waals surface area contributed by atoms with Crippen molar-refractivity contribution in [1.29, 1.82) is 0 Å². The van der Waals surface area contributed by atoms with Crippen LogP contribution in [0.5, 0.6) is 0 Å². The molecule has 0 atom stereocenters. The first-order valence-corrected chi connectivity index (χ1v) is 11.7. The molecule has 1 aliphatic heterocycles. The summed E-state index contributed by atoms with van der Waals surface area (Å²) in [5.41, 5.74) is 5.05. The Bertz CT molecular complexity index is 1540. The van der Waals surface area contributed by atoms with Crippen molar-refractivity contribution < 1.29 is 9.90 Å². The molecule has 6 heteroatoms. The highest BCUT2D eigenvalue weighted by atomic mass is 16.4. The Morgan fingerprint density at radius 2 is 1.40 bits per heavy atom. The Morgan fingerprint density at radius 3 is 2.20 bits per heavy atom. The lowest BCUT2D eigenvalue weighted by Crippen LogP contribution is -2.47. The highest BCUT2D eigenvalue weighted by Gasteiger charge is 2.22. The second-order valence-corrected chi connectivity index (χ2v) is 8.77. The molecule has 6 rings (SSSR count). The van der Waals surface area contributed by atoms with Gasteiger partial charge in [-0.1, -0.05) is 48.5 Å². The van der Waals surface area contributed by atoms with Gasteiger partial charge in [-0.2, -0.15) is 0 Å². The van der Waals surface area contributed by atoms with Crippen LogP contribution >= 0.6 is 0 Å².